The fourth-order valence-electron chi connectivity index (χ4n) is 4.46. The Morgan fingerprint density at radius 2 is 1.97 bits per heavy atom. The molecule has 3 rings (SSSR count). The van der Waals surface area contributed by atoms with Crippen molar-refractivity contribution in [1.29, 1.82) is 0 Å². The summed E-state index contributed by atoms with van der Waals surface area (Å²) in [5.41, 5.74) is 1.36. The van der Waals surface area contributed by atoms with E-state index in [0.717, 1.165) is 50.9 Å². The smallest absolute Gasteiger partial charge is 0.191 e. The van der Waals surface area contributed by atoms with E-state index in [0.29, 0.717) is 12.1 Å². The number of hydrogen-bond donors (Lipinski definition) is 3. The van der Waals surface area contributed by atoms with Crippen LogP contribution in [-0.2, 0) is 17.9 Å². The molecule has 1 aromatic carbocycles. The second-order valence-corrected chi connectivity index (χ2v) is 8.02. The maximum Gasteiger partial charge on any atom is 0.191 e. The Morgan fingerprint density at radius 3 is 2.66 bits per heavy atom. The number of aliphatic hydroxyl groups excluding tert-OH is 1. The van der Waals surface area contributed by atoms with E-state index in [-0.39, 0.29) is 18.0 Å². The monoisotopic (exact) mass is 406 g/mol. The molecule has 1 heterocycles. The van der Waals surface area contributed by atoms with Crippen molar-refractivity contribution < 1.29 is 14.2 Å². The molecule has 162 valence electrons. The van der Waals surface area contributed by atoms with Crippen LogP contribution >= 0.6 is 0 Å². The van der Waals surface area contributed by atoms with Gasteiger partial charge in [-0.15, -0.1) is 0 Å². The minimum absolute atomic E-state index is 0.165. The van der Waals surface area contributed by atoms with Crippen LogP contribution in [0.4, 0.5) is 4.39 Å². The number of ether oxygens (including phenoxy) is 1. The molecular weight excluding hydrogens is 371 g/mol. The van der Waals surface area contributed by atoms with E-state index >= 15 is 0 Å². The highest BCUT2D eigenvalue weighted by atomic mass is 19.1. The van der Waals surface area contributed by atoms with Gasteiger partial charge in [-0.1, -0.05) is 25.3 Å². The number of halogens is 1. The summed E-state index contributed by atoms with van der Waals surface area (Å²) < 4.78 is 19.2. The fraction of sp³-hybridized carbons (Fsp3) is 0.682. The summed E-state index contributed by atoms with van der Waals surface area (Å²) in [6.45, 7) is 7.45. The number of nitrogens with zero attached hydrogens (tertiary/aromatic N) is 2. The van der Waals surface area contributed by atoms with Gasteiger partial charge in [-0.3, -0.25) is 4.90 Å². The molecule has 2 fully saturated rings. The summed E-state index contributed by atoms with van der Waals surface area (Å²) in [5, 5.41) is 16.2. The minimum Gasteiger partial charge on any atom is -0.392 e. The van der Waals surface area contributed by atoms with E-state index in [9.17, 15) is 9.50 Å². The quantitative estimate of drug-likeness (QED) is 0.479. The first-order valence-corrected chi connectivity index (χ1v) is 10.9. The molecule has 1 aliphatic carbocycles. The summed E-state index contributed by atoms with van der Waals surface area (Å²) in [4.78, 5) is 7.31. The van der Waals surface area contributed by atoms with Crippen molar-refractivity contribution >= 4 is 5.96 Å². The lowest BCUT2D eigenvalue weighted by Gasteiger charge is -2.48. The Kier molecular flexibility index (Phi) is 8.27. The molecule has 7 heteroatoms. The summed E-state index contributed by atoms with van der Waals surface area (Å²) in [6.07, 6.45) is 6.27. The Balaban J connectivity index is 1.67. The molecule has 0 aromatic heterocycles. The van der Waals surface area contributed by atoms with Crippen molar-refractivity contribution in [2.45, 2.75) is 57.7 Å². The zero-order valence-electron chi connectivity index (χ0n) is 17.6. The van der Waals surface area contributed by atoms with Gasteiger partial charge in [-0.05, 0) is 37.5 Å². The molecule has 0 amide bonds. The fourth-order valence-corrected chi connectivity index (χ4v) is 4.46. The average molecular weight is 407 g/mol. The van der Waals surface area contributed by atoms with Crippen LogP contribution in [-0.4, -0.2) is 60.9 Å². The lowest BCUT2D eigenvalue weighted by Crippen LogP contribution is -2.60. The predicted octanol–water partition coefficient (Wildman–Crippen LogP) is 2.41. The molecule has 0 spiro atoms. The normalized spacial score (nSPS) is 20.4. The first-order chi connectivity index (χ1) is 14.2. The molecule has 1 saturated heterocycles. The van der Waals surface area contributed by atoms with Crippen molar-refractivity contribution in [3.05, 3.63) is 35.1 Å². The molecule has 1 saturated carbocycles. The van der Waals surface area contributed by atoms with Crippen LogP contribution in [0.15, 0.2) is 23.2 Å². The largest absolute Gasteiger partial charge is 0.392 e. The summed E-state index contributed by atoms with van der Waals surface area (Å²) in [5.74, 6) is 0.399. The SMILES string of the molecule is CCNC(=NCc1ccc(F)c(CO)c1)NCC1(N2CCOCC2)CCCCC1. The van der Waals surface area contributed by atoms with Crippen LogP contribution < -0.4 is 10.6 Å². The second kappa shape index (κ2) is 10.9. The molecule has 1 aliphatic heterocycles. The van der Waals surface area contributed by atoms with Gasteiger partial charge >= 0.3 is 0 Å². The van der Waals surface area contributed by atoms with Gasteiger partial charge in [-0.2, -0.15) is 0 Å². The van der Waals surface area contributed by atoms with Crippen LogP contribution in [0.5, 0.6) is 0 Å². The van der Waals surface area contributed by atoms with Gasteiger partial charge in [0.1, 0.15) is 5.82 Å². The molecule has 0 radical (unpaired) electrons. The minimum atomic E-state index is -0.380. The van der Waals surface area contributed by atoms with Crippen LogP contribution in [0.2, 0.25) is 0 Å². The van der Waals surface area contributed by atoms with Gasteiger partial charge in [0.2, 0.25) is 0 Å². The van der Waals surface area contributed by atoms with Gasteiger partial charge in [0.15, 0.2) is 5.96 Å². The number of morpholine rings is 1. The van der Waals surface area contributed by atoms with Crippen LogP contribution in [0.1, 0.15) is 50.2 Å². The number of guanidine groups is 1. The third-order valence-corrected chi connectivity index (χ3v) is 6.10. The zero-order chi connectivity index (χ0) is 20.5. The summed E-state index contributed by atoms with van der Waals surface area (Å²) >= 11 is 0. The highest BCUT2D eigenvalue weighted by molar-refractivity contribution is 5.79. The molecule has 0 unspecified atom stereocenters. The van der Waals surface area contributed by atoms with Gasteiger partial charge in [0.05, 0.1) is 26.4 Å². The highest BCUT2D eigenvalue weighted by Gasteiger charge is 2.38. The first-order valence-electron chi connectivity index (χ1n) is 10.9. The zero-order valence-corrected chi connectivity index (χ0v) is 17.6. The van der Waals surface area contributed by atoms with Crippen molar-refractivity contribution in [3.63, 3.8) is 0 Å². The van der Waals surface area contributed by atoms with Crippen molar-refractivity contribution in [3.8, 4) is 0 Å². The van der Waals surface area contributed by atoms with Crippen molar-refractivity contribution in [1.82, 2.24) is 15.5 Å². The molecule has 6 nitrogen and oxygen atoms in total. The number of nitrogens with one attached hydrogen (secondary N) is 2. The summed E-state index contributed by atoms with van der Waals surface area (Å²) in [7, 11) is 0. The van der Waals surface area contributed by atoms with Crippen LogP contribution in [0.3, 0.4) is 0 Å². The standard InChI is InChI=1S/C22H35FN4O2/c1-2-24-21(25-15-18-6-7-20(23)19(14-18)16-28)26-17-22(8-4-3-5-9-22)27-10-12-29-13-11-27/h6-7,14,28H,2-5,8-13,15-17H2,1H3,(H2,24,25,26). The Bertz CT molecular complexity index is 671. The molecular formula is C22H35FN4O2. The van der Waals surface area contributed by atoms with Crippen LogP contribution in [0, 0.1) is 5.82 Å². The maximum absolute atomic E-state index is 13.6. The lowest BCUT2D eigenvalue weighted by molar-refractivity contribution is -0.0352. The molecule has 3 N–H and O–H groups in total. The van der Waals surface area contributed by atoms with E-state index in [2.05, 4.69) is 22.5 Å². The van der Waals surface area contributed by atoms with Crippen LogP contribution in [0.25, 0.3) is 0 Å². The number of benzene rings is 1. The van der Waals surface area contributed by atoms with Crippen molar-refractivity contribution in [2.24, 2.45) is 4.99 Å². The first kappa shape index (κ1) is 22.0. The second-order valence-electron chi connectivity index (χ2n) is 8.02. The lowest BCUT2D eigenvalue weighted by atomic mass is 9.80. The number of hydrogen-bond acceptors (Lipinski definition) is 4. The molecule has 29 heavy (non-hydrogen) atoms. The number of rotatable bonds is 7. The average Bonchev–Trinajstić information content (AvgIpc) is 2.78. The third-order valence-electron chi connectivity index (χ3n) is 6.10. The van der Waals surface area contributed by atoms with E-state index in [1.807, 2.05) is 0 Å². The Morgan fingerprint density at radius 1 is 1.21 bits per heavy atom. The van der Waals surface area contributed by atoms with Gasteiger partial charge in [0, 0.05) is 37.3 Å². The molecule has 2 aliphatic rings. The summed E-state index contributed by atoms with van der Waals surface area (Å²) in [6, 6.07) is 4.79. The van der Waals surface area contributed by atoms with Gasteiger partial charge in [0.25, 0.3) is 0 Å². The van der Waals surface area contributed by atoms with Gasteiger partial charge in [-0.25, -0.2) is 9.38 Å². The van der Waals surface area contributed by atoms with E-state index < -0.39 is 0 Å². The van der Waals surface area contributed by atoms with E-state index in [1.165, 1.54) is 38.2 Å². The topological polar surface area (TPSA) is 69.1 Å². The Labute approximate surface area is 173 Å². The third kappa shape index (κ3) is 5.90. The number of aliphatic hydroxyl groups is 1. The maximum atomic E-state index is 13.6. The number of aliphatic imine (C=N–C) groups is 1. The van der Waals surface area contributed by atoms with Crippen molar-refractivity contribution in [2.75, 3.05) is 39.4 Å². The van der Waals surface area contributed by atoms with E-state index in [4.69, 9.17) is 9.73 Å². The van der Waals surface area contributed by atoms with Gasteiger partial charge < -0.3 is 20.5 Å². The van der Waals surface area contributed by atoms with E-state index in [1.54, 1.807) is 12.1 Å². The Hall–Kier alpha value is -1.70. The molecule has 0 bridgehead atoms. The predicted molar refractivity (Wildman–Crippen MR) is 113 cm³/mol. The highest BCUT2D eigenvalue weighted by Crippen LogP contribution is 2.33. The molecule has 1 aromatic rings. The molecule has 0 atom stereocenters.